The third-order valence-electron chi connectivity index (χ3n) is 6.32. The van der Waals surface area contributed by atoms with Gasteiger partial charge in [0, 0.05) is 57.9 Å². The lowest BCUT2D eigenvalue weighted by Crippen LogP contribution is -2.50. The second-order valence-corrected chi connectivity index (χ2v) is 8.59. The van der Waals surface area contributed by atoms with Gasteiger partial charge < -0.3 is 18.9 Å². The van der Waals surface area contributed by atoms with Crippen LogP contribution in [0.1, 0.15) is 22.6 Å². The molecule has 0 bridgehead atoms. The molecule has 0 spiro atoms. The lowest BCUT2D eigenvalue weighted by atomic mass is 10.1. The van der Waals surface area contributed by atoms with Crippen molar-refractivity contribution < 1.29 is 18.8 Å². The fourth-order valence-electron chi connectivity index (χ4n) is 4.28. The van der Waals surface area contributed by atoms with Crippen molar-refractivity contribution in [1.29, 1.82) is 0 Å². The maximum atomic E-state index is 12.7. The number of rotatable bonds is 8. The summed E-state index contributed by atoms with van der Waals surface area (Å²) in [5.41, 5.74) is 3.00. The summed E-state index contributed by atoms with van der Waals surface area (Å²) in [6, 6.07) is 8.38. The van der Waals surface area contributed by atoms with E-state index in [1.165, 1.54) is 5.56 Å². The molecule has 3 heterocycles. The van der Waals surface area contributed by atoms with Crippen LogP contribution in [0.2, 0.25) is 0 Å². The average molecular weight is 443 g/mol. The lowest BCUT2D eigenvalue weighted by Gasteiger charge is -2.34. The molecule has 32 heavy (non-hydrogen) atoms. The van der Waals surface area contributed by atoms with E-state index in [2.05, 4.69) is 33.2 Å². The third kappa shape index (κ3) is 6.09. The molecule has 1 aromatic carbocycles. The van der Waals surface area contributed by atoms with Crippen molar-refractivity contribution in [3.63, 3.8) is 0 Å². The first kappa shape index (κ1) is 22.8. The molecule has 1 amide bonds. The highest BCUT2D eigenvalue weighted by atomic mass is 16.5. The van der Waals surface area contributed by atoms with Crippen molar-refractivity contribution in [3.05, 3.63) is 46.8 Å². The molecule has 0 unspecified atom stereocenters. The summed E-state index contributed by atoms with van der Waals surface area (Å²) in [4.78, 5) is 19.4. The molecule has 2 aromatic rings. The smallest absolute Gasteiger partial charge is 0.227 e. The zero-order valence-electron chi connectivity index (χ0n) is 19.2. The van der Waals surface area contributed by atoms with E-state index in [4.69, 9.17) is 14.0 Å². The number of hydrogen-bond donors (Lipinski definition) is 0. The summed E-state index contributed by atoms with van der Waals surface area (Å²) < 4.78 is 16.6. The summed E-state index contributed by atoms with van der Waals surface area (Å²) in [5, 5.41) is 3.94. The molecule has 1 aromatic heterocycles. The Kier molecular flexibility index (Phi) is 7.78. The van der Waals surface area contributed by atoms with Gasteiger partial charge in [0.25, 0.3) is 0 Å². The van der Waals surface area contributed by atoms with Crippen LogP contribution in [-0.4, -0.2) is 91.4 Å². The highest BCUT2D eigenvalue weighted by molar-refractivity contribution is 5.79. The van der Waals surface area contributed by atoms with Crippen molar-refractivity contribution in [2.75, 3.05) is 65.6 Å². The number of nitrogens with zero attached hydrogens (tertiary/aromatic N) is 4. The number of aromatic nitrogens is 1. The molecular weight excluding hydrogens is 408 g/mol. The Labute approximate surface area is 190 Å². The Morgan fingerprint density at radius 3 is 2.56 bits per heavy atom. The normalized spacial score (nSPS) is 18.1. The minimum Gasteiger partial charge on any atom is -0.492 e. The monoisotopic (exact) mass is 442 g/mol. The fraction of sp³-hybridized carbons (Fsp3) is 0.583. The SMILES string of the molecule is Cc1noc(C)c1CC(=O)N1CCN(CCOc2cccc(CN3CCOCC3)c2)CC1. The number of hydrogen-bond acceptors (Lipinski definition) is 7. The van der Waals surface area contributed by atoms with E-state index in [0.29, 0.717) is 13.0 Å². The zero-order valence-corrected chi connectivity index (χ0v) is 19.2. The van der Waals surface area contributed by atoms with Crippen LogP contribution in [0.3, 0.4) is 0 Å². The standard InChI is InChI=1S/C24H34N4O4/c1-19-23(20(2)32-25-19)17-24(29)28-8-6-26(7-9-28)12-15-31-22-5-3-4-21(16-22)18-27-10-13-30-14-11-27/h3-5,16H,6-15,17-18H2,1-2H3. The molecule has 8 heteroatoms. The van der Waals surface area contributed by atoms with Crippen molar-refractivity contribution in [1.82, 2.24) is 19.9 Å². The molecule has 0 saturated carbocycles. The lowest BCUT2D eigenvalue weighted by molar-refractivity contribution is -0.132. The van der Waals surface area contributed by atoms with Crippen molar-refractivity contribution >= 4 is 5.91 Å². The van der Waals surface area contributed by atoms with Crippen LogP contribution in [0.25, 0.3) is 0 Å². The van der Waals surface area contributed by atoms with Crippen LogP contribution in [0, 0.1) is 13.8 Å². The summed E-state index contributed by atoms with van der Waals surface area (Å²) in [6.07, 6.45) is 0.366. The number of morpholine rings is 1. The minimum atomic E-state index is 0.146. The number of aryl methyl sites for hydroxylation is 2. The second kappa shape index (κ2) is 10.9. The molecule has 2 aliphatic heterocycles. The Morgan fingerprint density at radius 2 is 1.84 bits per heavy atom. The number of carbonyl (C=O) groups excluding carboxylic acids is 1. The number of carbonyl (C=O) groups is 1. The summed E-state index contributed by atoms with van der Waals surface area (Å²) >= 11 is 0. The van der Waals surface area contributed by atoms with Crippen LogP contribution >= 0.6 is 0 Å². The van der Waals surface area contributed by atoms with E-state index < -0.39 is 0 Å². The first-order valence-electron chi connectivity index (χ1n) is 11.5. The van der Waals surface area contributed by atoms with Gasteiger partial charge in [0.2, 0.25) is 5.91 Å². The van der Waals surface area contributed by atoms with Crippen LogP contribution in [0.4, 0.5) is 0 Å². The first-order valence-corrected chi connectivity index (χ1v) is 11.5. The van der Waals surface area contributed by atoms with Gasteiger partial charge in [-0.3, -0.25) is 14.6 Å². The van der Waals surface area contributed by atoms with Crippen LogP contribution in [-0.2, 0) is 22.5 Å². The Hall–Kier alpha value is -2.42. The van der Waals surface area contributed by atoms with Crippen molar-refractivity contribution in [2.45, 2.75) is 26.8 Å². The second-order valence-electron chi connectivity index (χ2n) is 8.59. The first-order chi connectivity index (χ1) is 15.6. The average Bonchev–Trinajstić information content (AvgIpc) is 3.12. The molecule has 0 N–H and O–H groups in total. The largest absolute Gasteiger partial charge is 0.492 e. The summed E-state index contributed by atoms with van der Waals surface area (Å²) in [6.45, 7) is 13.0. The third-order valence-corrected chi connectivity index (χ3v) is 6.32. The number of ether oxygens (including phenoxy) is 2. The fourth-order valence-corrected chi connectivity index (χ4v) is 4.28. The number of amides is 1. The van der Waals surface area contributed by atoms with Gasteiger partial charge in [-0.25, -0.2) is 0 Å². The predicted octanol–water partition coefficient (Wildman–Crippen LogP) is 1.89. The van der Waals surface area contributed by atoms with E-state index in [9.17, 15) is 4.79 Å². The zero-order chi connectivity index (χ0) is 22.3. The summed E-state index contributed by atoms with van der Waals surface area (Å²) in [7, 11) is 0. The number of benzene rings is 1. The van der Waals surface area contributed by atoms with Gasteiger partial charge in [0.1, 0.15) is 18.1 Å². The quantitative estimate of drug-likeness (QED) is 0.618. The topological polar surface area (TPSA) is 71.3 Å². The van der Waals surface area contributed by atoms with Gasteiger partial charge in [-0.15, -0.1) is 0 Å². The maximum Gasteiger partial charge on any atom is 0.227 e. The van der Waals surface area contributed by atoms with Gasteiger partial charge in [-0.05, 0) is 31.5 Å². The Balaban J connectivity index is 1.17. The number of piperazine rings is 1. The molecule has 0 aliphatic carbocycles. The van der Waals surface area contributed by atoms with E-state index in [1.54, 1.807) is 0 Å². The van der Waals surface area contributed by atoms with Crippen molar-refractivity contribution in [2.24, 2.45) is 0 Å². The Bertz CT molecular complexity index is 866. The predicted molar refractivity (Wildman–Crippen MR) is 121 cm³/mol. The highest BCUT2D eigenvalue weighted by Crippen LogP contribution is 2.17. The molecule has 2 fully saturated rings. The van der Waals surface area contributed by atoms with E-state index in [0.717, 1.165) is 88.3 Å². The van der Waals surface area contributed by atoms with Gasteiger partial charge in [0.05, 0.1) is 25.3 Å². The molecule has 2 saturated heterocycles. The van der Waals surface area contributed by atoms with Crippen molar-refractivity contribution in [3.8, 4) is 5.75 Å². The molecular formula is C24H34N4O4. The van der Waals surface area contributed by atoms with Gasteiger partial charge in [0.15, 0.2) is 0 Å². The Morgan fingerprint density at radius 1 is 1.06 bits per heavy atom. The van der Waals surface area contributed by atoms with Gasteiger partial charge in [-0.2, -0.15) is 0 Å². The van der Waals surface area contributed by atoms with Crippen LogP contribution in [0.15, 0.2) is 28.8 Å². The summed E-state index contributed by atoms with van der Waals surface area (Å²) in [5.74, 6) is 1.80. The molecule has 4 rings (SSSR count). The maximum absolute atomic E-state index is 12.7. The molecule has 2 aliphatic rings. The van der Waals surface area contributed by atoms with Crippen LogP contribution < -0.4 is 4.74 Å². The molecule has 0 atom stereocenters. The van der Waals surface area contributed by atoms with Gasteiger partial charge in [-0.1, -0.05) is 17.3 Å². The van der Waals surface area contributed by atoms with E-state index >= 15 is 0 Å². The van der Waals surface area contributed by atoms with E-state index in [1.807, 2.05) is 24.8 Å². The van der Waals surface area contributed by atoms with E-state index in [-0.39, 0.29) is 5.91 Å². The van der Waals surface area contributed by atoms with Crippen LogP contribution in [0.5, 0.6) is 5.75 Å². The molecule has 0 radical (unpaired) electrons. The minimum absolute atomic E-state index is 0.146. The molecule has 8 nitrogen and oxygen atoms in total. The molecule has 174 valence electrons. The van der Waals surface area contributed by atoms with Gasteiger partial charge >= 0.3 is 0 Å². The highest BCUT2D eigenvalue weighted by Gasteiger charge is 2.23.